The summed E-state index contributed by atoms with van der Waals surface area (Å²) in [5.41, 5.74) is 7.15. The zero-order chi connectivity index (χ0) is 14.4. The number of thiocarbonyl (C=S) groups is 1. The lowest BCUT2D eigenvalue weighted by Gasteiger charge is -2.28. The third-order valence-corrected chi connectivity index (χ3v) is 3.34. The van der Waals surface area contributed by atoms with Gasteiger partial charge in [-0.15, -0.1) is 0 Å². The lowest BCUT2D eigenvalue weighted by atomic mass is 10.1. The van der Waals surface area contributed by atoms with Crippen LogP contribution < -0.4 is 5.73 Å². The van der Waals surface area contributed by atoms with Gasteiger partial charge in [0.15, 0.2) is 0 Å². The Labute approximate surface area is 119 Å². The normalized spacial score (nSPS) is 12.9. The Bertz CT molecular complexity index is 406. The summed E-state index contributed by atoms with van der Waals surface area (Å²) in [6.07, 6.45) is -0.589. The lowest BCUT2D eigenvalue weighted by molar-refractivity contribution is 0.0820. The molecule has 0 amide bonds. The first kappa shape index (κ1) is 16.0. The van der Waals surface area contributed by atoms with Crippen molar-refractivity contribution in [3.8, 4) is 0 Å². The molecule has 0 radical (unpaired) electrons. The van der Waals surface area contributed by atoms with Crippen molar-refractivity contribution in [2.75, 3.05) is 19.7 Å². The molecule has 106 valence electrons. The van der Waals surface area contributed by atoms with Crippen molar-refractivity contribution in [3.05, 3.63) is 35.4 Å². The van der Waals surface area contributed by atoms with Gasteiger partial charge in [0.1, 0.15) is 4.99 Å². The van der Waals surface area contributed by atoms with Gasteiger partial charge in [-0.1, -0.05) is 36.5 Å². The summed E-state index contributed by atoms with van der Waals surface area (Å²) in [6.45, 7) is 5.21. The number of rotatable bonds is 7. The maximum absolute atomic E-state index is 10.2. The SMILES string of the molecule is CC(C)N(CCO)CC(O)c1ccc(C(N)=S)cc1. The van der Waals surface area contributed by atoms with E-state index in [0.29, 0.717) is 18.1 Å². The van der Waals surface area contributed by atoms with Crippen LogP contribution >= 0.6 is 12.2 Å². The van der Waals surface area contributed by atoms with Crippen molar-refractivity contribution in [2.24, 2.45) is 5.73 Å². The number of aliphatic hydroxyl groups excluding tert-OH is 2. The molecule has 0 saturated heterocycles. The van der Waals surface area contributed by atoms with Gasteiger partial charge in [-0.25, -0.2) is 0 Å². The predicted octanol–water partition coefficient (Wildman–Crippen LogP) is 1.06. The molecule has 0 aromatic heterocycles. The van der Waals surface area contributed by atoms with Crippen LogP contribution in [0.25, 0.3) is 0 Å². The molecule has 0 bridgehead atoms. The molecule has 0 spiro atoms. The highest BCUT2D eigenvalue weighted by Gasteiger charge is 2.15. The Morgan fingerprint density at radius 2 is 1.89 bits per heavy atom. The maximum atomic E-state index is 10.2. The molecule has 0 heterocycles. The number of benzene rings is 1. The van der Waals surface area contributed by atoms with Gasteiger partial charge >= 0.3 is 0 Å². The Hall–Kier alpha value is -1.01. The smallest absolute Gasteiger partial charge is 0.103 e. The van der Waals surface area contributed by atoms with Crippen molar-refractivity contribution in [2.45, 2.75) is 26.0 Å². The van der Waals surface area contributed by atoms with E-state index in [0.717, 1.165) is 11.1 Å². The molecule has 1 atom stereocenters. The standard InChI is InChI=1S/C14H22N2O2S/c1-10(2)16(7-8-17)9-13(18)11-3-5-12(6-4-11)14(15)19/h3-6,10,13,17-18H,7-9H2,1-2H3,(H2,15,19). The topological polar surface area (TPSA) is 69.7 Å². The van der Waals surface area contributed by atoms with Crippen molar-refractivity contribution >= 4 is 17.2 Å². The average Bonchev–Trinajstić information content (AvgIpc) is 2.38. The number of nitrogens with two attached hydrogens (primary N) is 1. The highest BCUT2D eigenvalue weighted by atomic mass is 32.1. The fourth-order valence-corrected chi connectivity index (χ4v) is 2.02. The third-order valence-electron chi connectivity index (χ3n) is 3.10. The highest BCUT2D eigenvalue weighted by Crippen LogP contribution is 2.16. The van der Waals surface area contributed by atoms with E-state index in [9.17, 15) is 5.11 Å². The summed E-state index contributed by atoms with van der Waals surface area (Å²) in [4.78, 5) is 2.39. The van der Waals surface area contributed by atoms with E-state index in [2.05, 4.69) is 0 Å². The Balaban J connectivity index is 2.71. The number of hydrogen-bond donors (Lipinski definition) is 3. The molecule has 19 heavy (non-hydrogen) atoms. The summed E-state index contributed by atoms with van der Waals surface area (Å²) in [7, 11) is 0. The van der Waals surface area contributed by atoms with Crippen molar-refractivity contribution in [3.63, 3.8) is 0 Å². The molecule has 1 unspecified atom stereocenters. The minimum Gasteiger partial charge on any atom is -0.395 e. The van der Waals surface area contributed by atoms with Crippen molar-refractivity contribution < 1.29 is 10.2 Å². The van der Waals surface area contributed by atoms with Crippen LogP contribution in [0.1, 0.15) is 31.1 Å². The van der Waals surface area contributed by atoms with Gasteiger partial charge in [-0.2, -0.15) is 0 Å². The maximum Gasteiger partial charge on any atom is 0.103 e. The first-order valence-electron chi connectivity index (χ1n) is 6.38. The van der Waals surface area contributed by atoms with Crippen LogP contribution in [0, 0.1) is 0 Å². The predicted molar refractivity (Wildman–Crippen MR) is 81.1 cm³/mol. The second-order valence-corrected chi connectivity index (χ2v) is 5.25. The molecule has 0 aliphatic rings. The molecule has 5 heteroatoms. The molecule has 0 aliphatic carbocycles. The van der Waals surface area contributed by atoms with E-state index < -0.39 is 6.10 Å². The molecule has 0 saturated carbocycles. The molecule has 4 nitrogen and oxygen atoms in total. The van der Waals surface area contributed by atoms with E-state index in [1.165, 1.54) is 0 Å². The number of hydrogen-bond acceptors (Lipinski definition) is 4. The summed E-state index contributed by atoms with van der Waals surface area (Å²) < 4.78 is 0. The van der Waals surface area contributed by atoms with E-state index >= 15 is 0 Å². The molecular formula is C14H22N2O2S. The van der Waals surface area contributed by atoms with Crippen molar-refractivity contribution in [1.82, 2.24) is 4.90 Å². The van der Waals surface area contributed by atoms with Crippen LogP contribution in [-0.4, -0.2) is 45.8 Å². The van der Waals surface area contributed by atoms with Gasteiger partial charge < -0.3 is 15.9 Å². The molecular weight excluding hydrogens is 260 g/mol. The van der Waals surface area contributed by atoms with Crippen molar-refractivity contribution in [1.29, 1.82) is 0 Å². The highest BCUT2D eigenvalue weighted by molar-refractivity contribution is 7.80. The van der Waals surface area contributed by atoms with Crippen LogP contribution in [0.4, 0.5) is 0 Å². The molecule has 0 aliphatic heterocycles. The molecule has 1 aromatic rings. The fraction of sp³-hybridized carbons (Fsp3) is 0.500. The lowest BCUT2D eigenvalue weighted by Crippen LogP contribution is -2.36. The number of aliphatic hydroxyl groups is 2. The van der Waals surface area contributed by atoms with Crippen LogP contribution in [-0.2, 0) is 0 Å². The molecule has 1 rings (SSSR count). The molecule has 1 aromatic carbocycles. The first-order valence-corrected chi connectivity index (χ1v) is 6.79. The Morgan fingerprint density at radius 1 is 1.32 bits per heavy atom. The summed E-state index contributed by atoms with van der Waals surface area (Å²) >= 11 is 4.89. The minimum atomic E-state index is -0.589. The van der Waals surface area contributed by atoms with Crippen LogP contribution in [0.15, 0.2) is 24.3 Å². The molecule has 4 N–H and O–H groups in total. The Kier molecular flexibility index (Phi) is 6.37. The van der Waals surface area contributed by atoms with Crippen LogP contribution in [0.3, 0.4) is 0 Å². The van der Waals surface area contributed by atoms with Crippen LogP contribution in [0.5, 0.6) is 0 Å². The Morgan fingerprint density at radius 3 is 2.32 bits per heavy atom. The quantitative estimate of drug-likeness (QED) is 0.652. The number of nitrogens with zero attached hydrogens (tertiary/aromatic N) is 1. The average molecular weight is 282 g/mol. The fourth-order valence-electron chi connectivity index (χ4n) is 1.89. The van der Waals surface area contributed by atoms with Crippen LogP contribution in [0.2, 0.25) is 0 Å². The zero-order valence-corrected chi connectivity index (χ0v) is 12.2. The van der Waals surface area contributed by atoms with E-state index in [-0.39, 0.29) is 12.6 Å². The molecule has 0 fully saturated rings. The second-order valence-electron chi connectivity index (χ2n) is 4.81. The van der Waals surface area contributed by atoms with Gasteiger partial charge in [0.2, 0.25) is 0 Å². The largest absolute Gasteiger partial charge is 0.395 e. The van der Waals surface area contributed by atoms with E-state index in [1.807, 2.05) is 43.0 Å². The summed E-state index contributed by atoms with van der Waals surface area (Å²) in [5, 5.41) is 19.2. The first-order chi connectivity index (χ1) is 8.95. The van der Waals surface area contributed by atoms with E-state index in [1.54, 1.807) is 0 Å². The van der Waals surface area contributed by atoms with E-state index in [4.69, 9.17) is 23.1 Å². The van der Waals surface area contributed by atoms with Gasteiger partial charge in [0, 0.05) is 24.7 Å². The van der Waals surface area contributed by atoms with Gasteiger partial charge in [0.25, 0.3) is 0 Å². The third kappa shape index (κ3) is 4.87. The van der Waals surface area contributed by atoms with Gasteiger partial charge in [-0.3, -0.25) is 4.90 Å². The van der Waals surface area contributed by atoms with Gasteiger partial charge in [0.05, 0.1) is 12.7 Å². The van der Waals surface area contributed by atoms with Gasteiger partial charge in [-0.05, 0) is 19.4 Å². The minimum absolute atomic E-state index is 0.0886. The second kappa shape index (κ2) is 7.55. The summed E-state index contributed by atoms with van der Waals surface area (Å²) in [6, 6.07) is 7.56. The monoisotopic (exact) mass is 282 g/mol. The zero-order valence-electron chi connectivity index (χ0n) is 11.4. The summed E-state index contributed by atoms with van der Waals surface area (Å²) in [5.74, 6) is 0.